The normalized spacial score (nSPS) is 17.1. The zero-order chi connectivity index (χ0) is 14.4. The molecule has 4 rings (SSSR count). The van der Waals surface area contributed by atoms with E-state index in [4.69, 9.17) is 4.84 Å². The topological polar surface area (TPSA) is 49.0 Å². The molecule has 0 fully saturated rings. The number of aryl methyl sites for hydroxylation is 1. The molecule has 1 atom stereocenters. The van der Waals surface area contributed by atoms with Gasteiger partial charge in [-0.25, -0.2) is 4.79 Å². The van der Waals surface area contributed by atoms with Gasteiger partial charge in [0, 0.05) is 6.20 Å². The average molecular weight is 281 g/mol. The Balaban J connectivity index is 2.06. The molecule has 3 aromatic rings. The van der Waals surface area contributed by atoms with Crippen molar-refractivity contribution in [2.75, 3.05) is 7.11 Å². The number of pyridine rings is 1. The van der Waals surface area contributed by atoms with Crippen LogP contribution in [0, 0.1) is 0 Å². The number of hydrogen-bond acceptors (Lipinski definition) is 3. The summed E-state index contributed by atoms with van der Waals surface area (Å²) in [6.07, 6.45) is 3.58. The van der Waals surface area contributed by atoms with Crippen molar-refractivity contribution in [3.63, 3.8) is 0 Å². The molecule has 0 N–H and O–H groups in total. The summed E-state index contributed by atoms with van der Waals surface area (Å²) < 4.78 is 3.18. The molecule has 3 heterocycles. The Morgan fingerprint density at radius 1 is 1.24 bits per heavy atom. The minimum atomic E-state index is -0.143. The molecular formula is C16H15N3O2. The lowest BCUT2D eigenvalue weighted by atomic mass is 9.97. The van der Waals surface area contributed by atoms with Gasteiger partial charge in [-0.3, -0.25) is 9.55 Å². The Morgan fingerprint density at radius 2 is 2.14 bits per heavy atom. The highest BCUT2D eigenvalue weighted by atomic mass is 16.7. The van der Waals surface area contributed by atoms with Crippen LogP contribution in [0.25, 0.3) is 11.0 Å². The predicted octanol–water partition coefficient (Wildman–Crippen LogP) is 1.79. The fourth-order valence-corrected chi connectivity index (χ4v) is 3.26. The second kappa shape index (κ2) is 4.48. The molecule has 1 unspecified atom stereocenters. The van der Waals surface area contributed by atoms with Crippen molar-refractivity contribution in [2.24, 2.45) is 0 Å². The molecule has 1 aromatic carbocycles. The highest BCUT2D eigenvalue weighted by Gasteiger charge is 2.28. The summed E-state index contributed by atoms with van der Waals surface area (Å²) in [5.41, 5.74) is 3.75. The van der Waals surface area contributed by atoms with Crippen LogP contribution in [-0.2, 0) is 6.42 Å². The lowest BCUT2D eigenvalue weighted by molar-refractivity contribution is 0.164. The molecule has 5 heteroatoms. The SMILES string of the molecule is COn1c(=O)n2c3c(cccc31)CCC2c1ccccn1. The van der Waals surface area contributed by atoms with E-state index in [2.05, 4.69) is 11.1 Å². The Hall–Kier alpha value is -2.56. The molecule has 0 saturated heterocycles. The number of imidazole rings is 1. The van der Waals surface area contributed by atoms with E-state index >= 15 is 0 Å². The molecule has 0 saturated carbocycles. The van der Waals surface area contributed by atoms with Gasteiger partial charge in [-0.1, -0.05) is 18.2 Å². The number of aromatic nitrogens is 3. The third-order valence-corrected chi connectivity index (χ3v) is 4.15. The van der Waals surface area contributed by atoms with Crippen LogP contribution < -0.4 is 10.5 Å². The van der Waals surface area contributed by atoms with E-state index in [1.54, 1.807) is 6.20 Å². The van der Waals surface area contributed by atoms with Crippen LogP contribution in [0.2, 0.25) is 0 Å². The van der Waals surface area contributed by atoms with Crippen molar-refractivity contribution >= 4 is 11.0 Å². The summed E-state index contributed by atoms with van der Waals surface area (Å²) in [5.74, 6) is 0. The summed E-state index contributed by atoms with van der Waals surface area (Å²) in [7, 11) is 1.52. The van der Waals surface area contributed by atoms with Crippen LogP contribution in [0.1, 0.15) is 23.7 Å². The molecule has 0 spiro atoms. The highest BCUT2D eigenvalue weighted by molar-refractivity contribution is 5.80. The van der Waals surface area contributed by atoms with Crippen LogP contribution in [0.15, 0.2) is 47.4 Å². The van der Waals surface area contributed by atoms with Crippen LogP contribution >= 0.6 is 0 Å². The summed E-state index contributed by atoms with van der Waals surface area (Å²) in [4.78, 5) is 22.4. The summed E-state index contributed by atoms with van der Waals surface area (Å²) >= 11 is 0. The molecule has 2 aromatic heterocycles. The van der Waals surface area contributed by atoms with Crippen LogP contribution in [-0.4, -0.2) is 21.4 Å². The zero-order valence-corrected chi connectivity index (χ0v) is 11.7. The van der Waals surface area contributed by atoms with Gasteiger partial charge in [-0.05, 0) is 36.6 Å². The fourth-order valence-electron chi connectivity index (χ4n) is 3.26. The molecule has 5 nitrogen and oxygen atoms in total. The van der Waals surface area contributed by atoms with Gasteiger partial charge in [0.25, 0.3) is 0 Å². The van der Waals surface area contributed by atoms with Gasteiger partial charge < -0.3 is 4.84 Å². The fraction of sp³-hybridized carbons (Fsp3) is 0.250. The van der Waals surface area contributed by atoms with Crippen molar-refractivity contribution in [1.29, 1.82) is 0 Å². The maximum absolute atomic E-state index is 12.7. The van der Waals surface area contributed by atoms with Gasteiger partial charge >= 0.3 is 5.69 Å². The smallest absolute Gasteiger partial charge is 0.362 e. The number of rotatable bonds is 2. The summed E-state index contributed by atoms with van der Waals surface area (Å²) in [6.45, 7) is 0. The van der Waals surface area contributed by atoms with E-state index in [9.17, 15) is 4.79 Å². The highest BCUT2D eigenvalue weighted by Crippen LogP contribution is 2.32. The van der Waals surface area contributed by atoms with E-state index in [0.717, 1.165) is 29.6 Å². The molecular weight excluding hydrogens is 266 g/mol. The number of para-hydroxylation sites is 1. The van der Waals surface area contributed by atoms with Gasteiger partial charge in [-0.15, -0.1) is 4.73 Å². The first-order valence-corrected chi connectivity index (χ1v) is 7.01. The van der Waals surface area contributed by atoms with E-state index in [-0.39, 0.29) is 11.7 Å². The average Bonchev–Trinajstić information content (AvgIpc) is 2.83. The van der Waals surface area contributed by atoms with Gasteiger partial charge in [0.2, 0.25) is 0 Å². The Morgan fingerprint density at radius 3 is 2.90 bits per heavy atom. The minimum Gasteiger partial charge on any atom is -0.412 e. The zero-order valence-electron chi connectivity index (χ0n) is 11.7. The molecule has 0 aliphatic carbocycles. The van der Waals surface area contributed by atoms with Crippen molar-refractivity contribution in [1.82, 2.24) is 14.3 Å². The molecule has 1 aliphatic rings. The first-order valence-electron chi connectivity index (χ1n) is 7.01. The molecule has 0 radical (unpaired) electrons. The summed E-state index contributed by atoms with van der Waals surface area (Å²) in [5, 5.41) is 0. The quantitative estimate of drug-likeness (QED) is 0.719. The van der Waals surface area contributed by atoms with Crippen LogP contribution in [0.4, 0.5) is 0 Å². The largest absolute Gasteiger partial charge is 0.412 e. The maximum Gasteiger partial charge on any atom is 0.362 e. The van der Waals surface area contributed by atoms with Gasteiger partial charge in [0.1, 0.15) is 12.6 Å². The molecule has 0 bridgehead atoms. The maximum atomic E-state index is 12.7. The Bertz CT molecular complexity index is 864. The van der Waals surface area contributed by atoms with Gasteiger partial charge in [0.05, 0.1) is 17.3 Å². The number of nitrogens with zero attached hydrogens (tertiary/aromatic N) is 3. The van der Waals surface area contributed by atoms with Crippen molar-refractivity contribution < 1.29 is 4.84 Å². The Labute approximate surface area is 121 Å². The first-order chi connectivity index (χ1) is 10.3. The molecule has 21 heavy (non-hydrogen) atoms. The third-order valence-electron chi connectivity index (χ3n) is 4.15. The second-order valence-electron chi connectivity index (χ2n) is 5.22. The minimum absolute atomic E-state index is 0.0347. The van der Waals surface area contributed by atoms with E-state index in [1.807, 2.05) is 34.9 Å². The van der Waals surface area contributed by atoms with E-state index in [1.165, 1.54) is 17.4 Å². The van der Waals surface area contributed by atoms with Gasteiger partial charge in [0.15, 0.2) is 0 Å². The van der Waals surface area contributed by atoms with Crippen molar-refractivity contribution in [3.8, 4) is 0 Å². The molecule has 1 aliphatic heterocycles. The monoisotopic (exact) mass is 281 g/mol. The van der Waals surface area contributed by atoms with Crippen LogP contribution in [0.3, 0.4) is 0 Å². The van der Waals surface area contributed by atoms with Crippen LogP contribution in [0.5, 0.6) is 0 Å². The Kier molecular flexibility index (Phi) is 2.60. The van der Waals surface area contributed by atoms with E-state index < -0.39 is 0 Å². The predicted molar refractivity (Wildman–Crippen MR) is 79.4 cm³/mol. The first kappa shape index (κ1) is 12.2. The van der Waals surface area contributed by atoms with Crippen molar-refractivity contribution in [2.45, 2.75) is 18.9 Å². The lowest BCUT2D eigenvalue weighted by Crippen LogP contribution is -2.32. The molecule has 0 amide bonds. The van der Waals surface area contributed by atoms with E-state index in [0.29, 0.717) is 0 Å². The third kappa shape index (κ3) is 1.63. The number of hydrogen-bond donors (Lipinski definition) is 0. The second-order valence-corrected chi connectivity index (χ2v) is 5.22. The van der Waals surface area contributed by atoms with Gasteiger partial charge in [-0.2, -0.15) is 0 Å². The number of benzene rings is 1. The molecule has 106 valence electrons. The standard InChI is InChI=1S/C16H15N3O2/c1-21-19-14-7-4-5-11-8-9-13(12-6-2-3-10-17-12)18(15(11)14)16(19)20/h2-7,10,13H,8-9H2,1H3. The lowest BCUT2D eigenvalue weighted by Gasteiger charge is -2.23. The summed E-state index contributed by atoms with van der Waals surface area (Å²) in [6, 6.07) is 11.7. The van der Waals surface area contributed by atoms with Crippen molar-refractivity contribution in [3.05, 3.63) is 64.3 Å².